The highest BCUT2D eigenvalue weighted by Crippen LogP contribution is 2.26. The van der Waals surface area contributed by atoms with Crippen LogP contribution in [0.25, 0.3) is 0 Å². The van der Waals surface area contributed by atoms with Crippen LogP contribution in [0.5, 0.6) is 5.75 Å². The molecule has 0 atom stereocenters. The van der Waals surface area contributed by atoms with E-state index in [0.717, 1.165) is 0 Å². The maximum Gasteiger partial charge on any atom is 0.270 e. The highest BCUT2D eigenvalue weighted by atomic mass is 32.1. The molecule has 0 aliphatic heterocycles. The van der Waals surface area contributed by atoms with Gasteiger partial charge in [-0.1, -0.05) is 17.4 Å². The van der Waals surface area contributed by atoms with Gasteiger partial charge in [0.25, 0.3) is 5.91 Å². The third-order valence-corrected chi connectivity index (χ3v) is 3.68. The van der Waals surface area contributed by atoms with Crippen LogP contribution in [-0.2, 0) is 0 Å². The van der Waals surface area contributed by atoms with Crippen LogP contribution in [0.2, 0.25) is 0 Å². The number of carbonyl (C=O) groups is 1. The van der Waals surface area contributed by atoms with Crippen LogP contribution in [-0.4, -0.2) is 22.5 Å². The lowest BCUT2D eigenvalue weighted by Crippen LogP contribution is -2.30. The zero-order valence-corrected chi connectivity index (χ0v) is 11.6. The molecule has 2 aromatic rings. The van der Waals surface area contributed by atoms with Gasteiger partial charge < -0.3 is 15.7 Å². The summed E-state index contributed by atoms with van der Waals surface area (Å²) in [5.74, 6) is -0.0240. The SMILES string of the molecule is CCN(C(=O)c1sc(N)nc1C)c1cccc(O)c1. The molecule has 0 fully saturated rings. The van der Waals surface area contributed by atoms with Crippen molar-refractivity contribution in [3.8, 4) is 5.75 Å². The Hall–Kier alpha value is -2.08. The molecule has 0 aliphatic rings. The van der Waals surface area contributed by atoms with Gasteiger partial charge in [0.2, 0.25) is 0 Å². The molecule has 0 spiro atoms. The first-order chi connectivity index (χ1) is 9.02. The molecule has 0 saturated heterocycles. The van der Waals surface area contributed by atoms with Gasteiger partial charge >= 0.3 is 0 Å². The molecule has 1 aromatic carbocycles. The molecule has 19 heavy (non-hydrogen) atoms. The Bertz CT molecular complexity index is 610. The Morgan fingerprint density at radius 1 is 1.53 bits per heavy atom. The third-order valence-electron chi connectivity index (χ3n) is 2.71. The van der Waals surface area contributed by atoms with Crippen LogP contribution in [0.4, 0.5) is 10.8 Å². The van der Waals surface area contributed by atoms with Gasteiger partial charge in [-0.15, -0.1) is 0 Å². The summed E-state index contributed by atoms with van der Waals surface area (Å²) in [7, 11) is 0. The van der Waals surface area contributed by atoms with Gasteiger partial charge in [-0.3, -0.25) is 4.79 Å². The number of phenolic OH excluding ortho intramolecular Hbond substituents is 1. The molecule has 0 saturated carbocycles. The van der Waals surface area contributed by atoms with E-state index in [-0.39, 0.29) is 11.7 Å². The van der Waals surface area contributed by atoms with E-state index in [1.165, 1.54) is 11.3 Å². The molecule has 0 radical (unpaired) electrons. The molecule has 0 aliphatic carbocycles. The van der Waals surface area contributed by atoms with Crippen molar-refractivity contribution in [2.24, 2.45) is 0 Å². The summed E-state index contributed by atoms with van der Waals surface area (Å²) in [6.45, 7) is 4.14. The first kappa shape index (κ1) is 13.4. The van der Waals surface area contributed by atoms with Crippen LogP contribution >= 0.6 is 11.3 Å². The fourth-order valence-corrected chi connectivity index (χ4v) is 2.63. The summed E-state index contributed by atoms with van der Waals surface area (Å²) in [4.78, 5) is 18.7. The van der Waals surface area contributed by atoms with Gasteiger partial charge in [0.15, 0.2) is 5.13 Å². The summed E-state index contributed by atoms with van der Waals surface area (Å²) >= 11 is 1.18. The van der Waals surface area contributed by atoms with Crippen molar-refractivity contribution < 1.29 is 9.90 Å². The van der Waals surface area contributed by atoms with Crippen molar-refractivity contribution >= 4 is 28.1 Å². The smallest absolute Gasteiger partial charge is 0.270 e. The Morgan fingerprint density at radius 2 is 2.26 bits per heavy atom. The lowest BCUT2D eigenvalue weighted by atomic mass is 10.2. The highest BCUT2D eigenvalue weighted by Gasteiger charge is 2.21. The van der Waals surface area contributed by atoms with Gasteiger partial charge in [0.1, 0.15) is 10.6 Å². The van der Waals surface area contributed by atoms with E-state index >= 15 is 0 Å². The molecule has 1 aromatic heterocycles. The molecule has 6 heteroatoms. The molecule has 2 rings (SSSR count). The number of amides is 1. The number of hydrogen-bond donors (Lipinski definition) is 2. The van der Waals surface area contributed by atoms with Gasteiger partial charge in [-0.2, -0.15) is 0 Å². The molecule has 3 N–H and O–H groups in total. The zero-order chi connectivity index (χ0) is 14.0. The van der Waals surface area contributed by atoms with Crippen LogP contribution < -0.4 is 10.6 Å². The van der Waals surface area contributed by atoms with Crippen LogP contribution in [0.15, 0.2) is 24.3 Å². The summed E-state index contributed by atoms with van der Waals surface area (Å²) in [6, 6.07) is 6.61. The van der Waals surface area contributed by atoms with Crippen molar-refractivity contribution in [2.75, 3.05) is 17.2 Å². The number of carbonyl (C=O) groups excluding carboxylic acids is 1. The number of nitrogens with two attached hydrogens (primary N) is 1. The molecule has 1 amide bonds. The van der Waals surface area contributed by atoms with Crippen molar-refractivity contribution in [1.82, 2.24) is 4.98 Å². The molecular formula is C13H15N3O2S. The fraction of sp³-hybridized carbons (Fsp3) is 0.231. The molecule has 0 unspecified atom stereocenters. The molecular weight excluding hydrogens is 262 g/mol. The fourth-order valence-electron chi connectivity index (χ4n) is 1.84. The van der Waals surface area contributed by atoms with Crippen molar-refractivity contribution in [1.29, 1.82) is 0 Å². The first-order valence-electron chi connectivity index (χ1n) is 5.86. The minimum absolute atomic E-state index is 0.129. The quantitative estimate of drug-likeness (QED) is 0.903. The van der Waals surface area contributed by atoms with E-state index in [1.807, 2.05) is 6.92 Å². The Kier molecular flexibility index (Phi) is 3.71. The number of hydrogen-bond acceptors (Lipinski definition) is 5. The molecule has 100 valence electrons. The maximum atomic E-state index is 12.5. The Morgan fingerprint density at radius 3 is 2.79 bits per heavy atom. The highest BCUT2D eigenvalue weighted by molar-refractivity contribution is 7.17. The van der Waals surface area contributed by atoms with E-state index in [0.29, 0.717) is 27.9 Å². The third kappa shape index (κ3) is 2.68. The number of aryl methyl sites for hydroxylation is 1. The van der Waals surface area contributed by atoms with Gasteiger partial charge in [-0.25, -0.2) is 4.98 Å². The van der Waals surface area contributed by atoms with Gasteiger partial charge in [-0.05, 0) is 26.0 Å². The van der Waals surface area contributed by atoms with Crippen molar-refractivity contribution in [3.05, 3.63) is 34.8 Å². The number of thiazole rings is 1. The molecule has 5 nitrogen and oxygen atoms in total. The number of aromatic hydroxyl groups is 1. The molecule has 1 heterocycles. The van der Waals surface area contributed by atoms with E-state index in [1.54, 1.807) is 36.1 Å². The summed E-state index contributed by atoms with van der Waals surface area (Å²) in [6.07, 6.45) is 0. The van der Waals surface area contributed by atoms with Crippen LogP contribution in [0.1, 0.15) is 22.3 Å². The van der Waals surface area contributed by atoms with Gasteiger partial charge in [0, 0.05) is 18.3 Å². The average molecular weight is 277 g/mol. The minimum atomic E-state index is -0.153. The summed E-state index contributed by atoms with van der Waals surface area (Å²) in [5.41, 5.74) is 6.90. The van der Waals surface area contributed by atoms with Crippen molar-refractivity contribution in [3.63, 3.8) is 0 Å². The topological polar surface area (TPSA) is 79.5 Å². The Labute approximate surface area is 115 Å². The molecule has 0 bridgehead atoms. The maximum absolute atomic E-state index is 12.5. The largest absolute Gasteiger partial charge is 0.508 e. The summed E-state index contributed by atoms with van der Waals surface area (Å²) in [5, 5.41) is 9.88. The van der Waals surface area contributed by atoms with E-state index in [4.69, 9.17) is 5.73 Å². The number of nitrogen functional groups attached to an aromatic ring is 1. The Balaban J connectivity index is 2.37. The predicted molar refractivity (Wildman–Crippen MR) is 76.7 cm³/mol. The number of anilines is 2. The average Bonchev–Trinajstić information content (AvgIpc) is 2.69. The zero-order valence-electron chi connectivity index (χ0n) is 10.8. The first-order valence-corrected chi connectivity index (χ1v) is 6.68. The second-order valence-electron chi connectivity index (χ2n) is 4.04. The van der Waals surface area contributed by atoms with E-state index in [2.05, 4.69) is 4.98 Å². The van der Waals surface area contributed by atoms with Crippen LogP contribution in [0.3, 0.4) is 0 Å². The second-order valence-corrected chi connectivity index (χ2v) is 5.07. The monoisotopic (exact) mass is 277 g/mol. The number of benzene rings is 1. The van der Waals surface area contributed by atoms with Crippen molar-refractivity contribution in [2.45, 2.75) is 13.8 Å². The minimum Gasteiger partial charge on any atom is -0.508 e. The number of aromatic nitrogens is 1. The van der Waals surface area contributed by atoms with E-state index in [9.17, 15) is 9.90 Å². The number of phenols is 1. The number of rotatable bonds is 3. The predicted octanol–water partition coefficient (Wildman–Crippen LogP) is 2.41. The lowest BCUT2D eigenvalue weighted by molar-refractivity contribution is 0.0991. The standard InChI is InChI=1S/C13H15N3O2S/c1-3-16(9-5-4-6-10(17)7-9)12(18)11-8(2)15-13(14)19-11/h4-7,17H,3H2,1-2H3,(H2,14,15). The van der Waals surface area contributed by atoms with Gasteiger partial charge in [0.05, 0.1) is 5.69 Å². The second kappa shape index (κ2) is 5.27. The lowest BCUT2D eigenvalue weighted by Gasteiger charge is -2.20. The summed E-state index contributed by atoms with van der Waals surface area (Å²) < 4.78 is 0. The van der Waals surface area contributed by atoms with E-state index < -0.39 is 0 Å². The normalized spacial score (nSPS) is 10.4. The van der Waals surface area contributed by atoms with Crippen LogP contribution in [0, 0.1) is 6.92 Å². The number of nitrogens with zero attached hydrogens (tertiary/aromatic N) is 2.